The number of hydrogen-bond donors (Lipinski definition) is 1. The van der Waals surface area contributed by atoms with Crippen LogP contribution in [0, 0.1) is 13.8 Å². The van der Waals surface area contributed by atoms with Crippen molar-refractivity contribution in [2.75, 3.05) is 13.1 Å². The van der Waals surface area contributed by atoms with Gasteiger partial charge < -0.3 is 5.32 Å². The molecule has 15 heavy (non-hydrogen) atoms. The Morgan fingerprint density at radius 2 is 1.80 bits per heavy atom. The van der Waals surface area contributed by atoms with Gasteiger partial charge in [-0.3, -0.25) is 0 Å². The SMILES string of the molecule is Cc1cc(C2CCNCC2)c(C)cc1Br. The molecule has 2 rings (SSSR count). The maximum absolute atomic E-state index is 3.59. The molecule has 1 aliphatic rings. The third-order valence-corrected chi connectivity index (χ3v) is 4.18. The van der Waals surface area contributed by atoms with Crippen LogP contribution < -0.4 is 5.32 Å². The van der Waals surface area contributed by atoms with Crippen LogP contribution >= 0.6 is 15.9 Å². The van der Waals surface area contributed by atoms with E-state index in [0.29, 0.717) is 0 Å². The van der Waals surface area contributed by atoms with Crippen molar-refractivity contribution in [1.82, 2.24) is 5.32 Å². The molecule has 1 saturated heterocycles. The molecule has 0 aromatic heterocycles. The van der Waals surface area contributed by atoms with Gasteiger partial charge in [0.15, 0.2) is 0 Å². The second-order valence-corrected chi connectivity index (χ2v) is 5.34. The van der Waals surface area contributed by atoms with Gasteiger partial charge in [0.05, 0.1) is 0 Å². The fraction of sp³-hybridized carbons (Fsp3) is 0.538. The number of halogens is 1. The Balaban J connectivity index is 2.30. The zero-order chi connectivity index (χ0) is 10.8. The minimum Gasteiger partial charge on any atom is -0.317 e. The highest BCUT2D eigenvalue weighted by Crippen LogP contribution is 2.31. The first-order valence-corrected chi connectivity index (χ1v) is 6.45. The number of piperidine rings is 1. The number of benzene rings is 1. The Hall–Kier alpha value is -0.340. The van der Waals surface area contributed by atoms with E-state index in [2.05, 4.69) is 47.2 Å². The molecule has 0 bridgehead atoms. The van der Waals surface area contributed by atoms with Gasteiger partial charge >= 0.3 is 0 Å². The average molecular weight is 268 g/mol. The molecular formula is C13H18BrN. The summed E-state index contributed by atoms with van der Waals surface area (Å²) < 4.78 is 1.23. The fourth-order valence-corrected chi connectivity index (χ4v) is 2.83. The van der Waals surface area contributed by atoms with Crippen LogP contribution in [-0.4, -0.2) is 13.1 Å². The van der Waals surface area contributed by atoms with E-state index in [-0.39, 0.29) is 0 Å². The van der Waals surface area contributed by atoms with Crippen molar-refractivity contribution < 1.29 is 0 Å². The Kier molecular flexibility index (Phi) is 3.47. The Morgan fingerprint density at radius 3 is 2.47 bits per heavy atom. The lowest BCUT2D eigenvalue weighted by Crippen LogP contribution is -2.27. The van der Waals surface area contributed by atoms with Crippen molar-refractivity contribution in [3.05, 3.63) is 33.3 Å². The van der Waals surface area contributed by atoms with E-state index >= 15 is 0 Å². The zero-order valence-corrected chi connectivity index (χ0v) is 11.0. The molecule has 1 aromatic carbocycles. The average Bonchev–Trinajstić information content (AvgIpc) is 2.25. The lowest BCUT2D eigenvalue weighted by atomic mass is 9.87. The van der Waals surface area contributed by atoms with E-state index in [0.717, 1.165) is 5.92 Å². The van der Waals surface area contributed by atoms with Gasteiger partial charge in [0.1, 0.15) is 0 Å². The molecule has 0 aliphatic carbocycles. The number of hydrogen-bond acceptors (Lipinski definition) is 1. The molecule has 1 fully saturated rings. The summed E-state index contributed by atoms with van der Waals surface area (Å²) in [6, 6.07) is 4.61. The van der Waals surface area contributed by atoms with Crippen LogP contribution in [0.15, 0.2) is 16.6 Å². The third-order valence-electron chi connectivity index (χ3n) is 3.33. The third kappa shape index (κ3) is 2.43. The molecule has 2 heteroatoms. The predicted octanol–water partition coefficient (Wildman–Crippen LogP) is 3.53. The van der Waals surface area contributed by atoms with Gasteiger partial charge in [-0.25, -0.2) is 0 Å². The first-order chi connectivity index (χ1) is 7.18. The highest BCUT2D eigenvalue weighted by atomic mass is 79.9. The summed E-state index contributed by atoms with van der Waals surface area (Å²) in [4.78, 5) is 0. The quantitative estimate of drug-likeness (QED) is 0.821. The van der Waals surface area contributed by atoms with E-state index < -0.39 is 0 Å². The van der Waals surface area contributed by atoms with Crippen molar-refractivity contribution in [2.45, 2.75) is 32.6 Å². The van der Waals surface area contributed by atoms with Crippen molar-refractivity contribution in [3.63, 3.8) is 0 Å². The van der Waals surface area contributed by atoms with Crippen LogP contribution in [0.25, 0.3) is 0 Å². The summed E-state index contributed by atoms with van der Waals surface area (Å²) in [7, 11) is 0. The molecule has 0 spiro atoms. The molecule has 0 atom stereocenters. The molecule has 1 N–H and O–H groups in total. The van der Waals surface area contributed by atoms with Gasteiger partial charge in [0.2, 0.25) is 0 Å². The zero-order valence-electron chi connectivity index (χ0n) is 9.44. The molecule has 1 heterocycles. The Labute approximate surface area is 100 Å². The van der Waals surface area contributed by atoms with Gasteiger partial charge in [-0.05, 0) is 68.5 Å². The van der Waals surface area contributed by atoms with E-state index in [1.807, 2.05) is 0 Å². The monoisotopic (exact) mass is 267 g/mol. The molecule has 82 valence electrons. The standard InChI is InChI=1S/C13H18BrN/c1-9-8-13(14)10(2)7-12(9)11-3-5-15-6-4-11/h7-8,11,15H,3-6H2,1-2H3. The summed E-state index contributed by atoms with van der Waals surface area (Å²) in [6.07, 6.45) is 2.56. The second-order valence-electron chi connectivity index (χ2n) is 4.48. The fourth-order valence-electron chi connectivity index (χ4n) is 2.38. The minimum atomic E-state index is 0.762. The largest absolute Gasteiger partial charge is 0.317 e. The number of rotatable bonds is 1. The molecule has 0 unspecified atom stereocenters. The summed E-state index contributed by atoms with van der Waals surface area (Å²) >= 11 is 3.59. The second kappa shape index (κ2) is 4.67. The normalized spacial score (nSPS) is 18.1. The molecule has 1 nitrogen and oxygen atoms in total. The van der Waals surface area contributed by atoms with Crippen molar-refractivity contribution in [1.29, 1.82) is 0 Å². The molecule has 1 aromatic rings. The van der Waals surface area contributed by atoms with E-state index in [1.165, 1.54) is 41.5 Å². The van der Waals surface area contributed by atoms with Crippen LogP contribution in [-0.2, 0) is 0 Å². The van der Waals surface area contributed by atoms with Gasteiger partial charge in [-0.1, -0.05) is 22.0 Å². The molecule has 0 amide bonds. The topological polar surface area (TPSA) is 12.0 Å². The first kappa shape index (κ1) is 11.2. The van der Waals surface area contributed by atoms with Gasteiger partial charge in [-0.2, -0.15) is 0 Å². The first-order valence-electron chi connectivity index (χ1n) is 5.66. The van der Waals surface area contributed by atoms with Crippen LogP contribution in [0.3, 0.4) is 0 Å². The number of nitrogens with one attached hydrogen (secondary N) is 1. The van der Waals surface area contributed by atoms with Crippen molar-refractivity contribution in [2.24, 2.45) is 0 Å². The van der Waals surface area contributed by atoms with Crippen LogP contribution in [0.4, 0.5) is 0 Å². The van der Waals surface area contributed by atoms with Gasteiger partial charge in [0.25, 0.3) is 0 Å². The number of aryl methyl sites for hydroxylation is 2. The highest BCUT2D eigenvalue weighted by molar-refractivity contribution is 9.10. The summed E-state index contributed by atoms with van der Waals surface area (Å²) in [6.45, 7) is 6.73. The van der Waals surface area contributed by atoms with E-state index in [4.69, 9.17) is 0 Å². The van der Waals surface area contributed by atoms with Crippen LogP contribution in [0.2, 0.25) is 0 Å². The van der Waals surface area contributed by atoms with Gasteiger partial charge in [-0.15, -0.1) is 0 Å². The molecule has 1 aliphatic heterocycles. The maximum Gasteiger partial charge on any atom is 0.0207 e. The maximum atomic E-state index is 3.59. The molecule has 0 saturated carbocycles. The lowest BCUT2D eigenvalue weighted by Gasteiger charge is -2.25. The summed E-state index contributed by atoms with van der Waals surface area (Å²) in [5, 5.41) is 3.42. The molecular weight excluding hydrogens is 250 g/mol. The van der Waals surface area contributed by atoms with Crippen molar-refractivity contribution >= 4 is 15.9 Å². The van der Waals surface area contributed by atoms with Crippen molar-refractivity contribution in [3.8, 4) is 0 Å². The Bertz CT molecular complexity index is 354. The van der Waals surface area contributed by atoms with Gasteiger partial charge in [0, 0.05) is 4.47 Å². The highest BCUT2D eigenvalue weighted by Gasteiger charge is 2.17. The van der Waals surface area contributed by atoms with E-state index in [1.54, 1.807) is 5.56 Å². The van der Waals surface area contributed by atoms with Crippen LogP contribution in [0.5, 0.6) is 0 Å². The lowest BCUT2D eigenvalue weighted by molar-refractivity contribution is 0.459. The smallest absolute Gasteiger partial charge is 0.0207 e. The summed E-state index contributed by atoms with van der Waals surface area (Å²) in [5.41, 5.74) is 4.34. The predicted molar refractivity (Wildman–Crippen MR) is 68.5 cm³/mol. The minimum absolute atomic E-state index is 0.762. The van der Waals surface area contributed by atoms with Crippen LogP contribution in [0.1, 0.15) is 35.4 Å². The van der Waals surface area contributed by atoms with E-state index in [9.17, 15) is 0 Å². The Morgan fingerprint density at radius 1 is 1.13 bits per heavy atom. The summed E-state index contributed by atoms with van der Waals surface area (Å²) in [5.74, 6) is 0.762. The molecule has 0 radical (unpaired) electrons.